The highest BCUT2D eigenvalue weighted by Crippen LogP contribution is 2.43. The minimum absolute atomic E-state index is 0.0231. The maximum atomic E-state index is 12.2. The van der Waals surface area contributed by atoms with Gasteiger partial charge in [0.15, 0.2) is 0 Å². The van der Waals surface area contributed by atoms with Crippen molar-refractivity contribution in [3.05, 3.63) is 56.2 Å². The van der Waals surface area contributed by atoms with E-state index >= 15 is 0 Å². The Bertz CT molecular complexity index is 683. The van der Waals surface area contributed by atoms with Gasteiger partial charge in [0, 0.05) is 28.5 Å². The van der Waals surface area contributed by atoms with Gasteiger partial charge in [0.1, 0.15) is 0 Å². The average Bonchev–Trinajstić information content (AvgIpc) is 3.07. The van der Waals surface area contributed by atoms with Crippen molar-refractivity contribution >= 4 is 68.5 Å². The zero-order chi connectivity index (χ0) is 17.5. The number of amides is 1. The zero-order valence-corrected chi connectivity index (χ0v) is 18.6. The molecule has 0 bridgehead atoms. The van der Waals surface area contributed by atoms with E-state index in [1.165, 1.54) is 32.2 Å². The van der Waals surface area contributed by atoms with Crippen molar-refractivity contribution in [2.24, 2.45) is 0 Å². The molecule has 1 N–H and O–H groups in total. The molecular formula is C18H20BrNOS4. The summed E-state index contributed by atoms with van der Waals surface area (Å²) < 4.78 is 1.70. The van der Waals surface area contributed by atoms with Crippen molar-refractivity contribution in [1.29, 1.82) is 0 Å². The molecule has 134 valence electrons. The van der Waals surface area contributed by atoms with E-state index in [2.05, 4.69) is 45.5 Å². The smallest absolute Gasteiger partial charge is 0.251 e. The number of nitrogens with one attached hydrogen (secondary N) is 1. The molecule has 0 saturated carbocycles. The molecular weight excluding hydrogens is 454 g/mol. The molecule has 25 heavy (non-hydrogen) atoms. The number of carbonyl (C=O) groups is 1. The molecule has 0 unspecified atom stereocenters. The predicted molar refractivity (Wildman–Crippen MR) is 119 cm³/mol. The lowest BCUT2D eigenvalue weighted by molar-refractivity contribution is 0.0956. The number of carbonyl (C=O) groups excluding carboxylic acids is 1. The molecule has 1 aromatic carbocycles. The summed E-state index contributed by atoms with van der Waals surface area (Å²) >= 11 is 11.1. The van der Waals surface area contributed by atoms with Crippen molar-refractivity contribution in [3.63, 3.8) is 0 Å². The van der Waals surface area contributed by atoms with Gasteiger partial charge in [-0.25, -0.2) is 0 Å². The number of hydrogen-bond acceptors (Lipinski definition) is 5. The largest absolute Gasteiger partial charge is 0.351 e. The van der Waals surface area contributed by atoms with Gasteiger partial charge in [-0.2, -0.15) is 11.8 Å². The maximum absolute atomic E-state index is 12.2. The molecule has 0 radical (unpaired) electrons. The lowest BCUT2D eigenvalue weighted by Gasteiger charge is -2.21. The first kappa shape index (κ1) is 19.7. The third-order valence-electron chi connectivity index (χ3n) is 3.68. The number of hydrogen-bond donors (Lipinski definition) is 1. The monoisotopic (exact) mass is 473 g/mol. The summed E-state index contributed by atoms with van der Waals surface area (Å²) in [5, 5.41) is 3.01. The lowest BCUT2D eigenvalue weighted by Crippen LogP contribution is -2.25. The van der Waals surface area contributed by atoms with E-state index in [4.69, 9.17) is 0 Å². The van der Waals surface area contributed by atoms with Crippen LogP contribution in [0.1, 0.15) is 31.8 Å². The van der Waals surface area contributed by atoms with Crippen LogP contribution < -0.4 is 5.32 Å². The van der Waals surface area contributed by atoms with Gasteiger partial charge in [0.2, 0.25) is 0 Å². The molecule has 1 aliphatic rings. The van der Waals surface area contributed by atoms with Crippen LogP contribution in [0.25, 0.3) is 0 Å². The van der Waals surface area contributed by atoms with Crippen LogP contribution in [0.15, 0.2) is 40.2 Å². The Balaban J connectivity index is 1.38. The topological polar surface area (TPSA) is 29.1 Å². The quantitative estimate of drug-likeness (QED) is 0.495. The first-order valence-corrected chi connectivity index (χ1v) is 13.0. The van der Waals surface area contributed by atoms with E-state index in [9.17, 15) is 4.79 Å². The van der Waals surface area contributed by atoms with Gasteiger partial charge in [-0.1, -0.05) is 12.1 Å². The van der Waals surface area contributed by atoms with E-state index in [0.717, 1.165) is 17.1 Å². The molecule has 1 fully saturated rings. The molecule has 7 heteroatoms. The van der Waals surface area contributed by atoms with Gasteiger partial charge < -0.3 is 5.32 Å². The summed E-state index contributed by atoms with van der Waals surface area (Å²) in [5.41, 5.74) is 2.07. The van der Waals surface area contributed by atoms with Crippen molar-refractivity contribution in [1.82, 2.24) is 5.32 Å². The molecule has 1 amide bonds. The summed E-state index contributed by atoms with van der Waals surface area (Å²) in [6, 6.07) is 12.3. The van der Waals surface area contributed by atoms with Crippen LogP contribution in [0.4, 0.5) is 0 Å². The highest BCUT2D eigenvalue weighted by molar-refractivity contribution is 9.11. The van der Waals surface area contributed by atoms with E-state index in [-0.39, 0.29) is 5.91 Å². The fraction of sp³-hybridized carbons (Fsp3) is 0.389. The molecule has 3 rings (SSSR count). The van der Waals surface area contributed by atoms with Crippen LogP contribution in [0.5, 0.6) is 0 Å². The SMILES string of the molecule is O=C(NCCSCc1ccc(Br)s1)c1ccc(C2SCCCS2)cc1. The van der Waals surface area contributed by atoms with Gasteiger partial charge in [0.05, 0.1) is 8.37 Å². The van der Waals surface area contributed by atoms with Gasteiger partial charge in [-0.3, -0.25) is 4.79 Å². The van der Waals surface area contributed by atoms with Crippen LogP contribution in [0, 0.1) is 0 Å². The van der Waals surface area contributed by atoms with E-state index in [0.29, 0.717) is 11.1 Å². The number of rotatable bonds is 7. The van der Waals surface area contributed by atoms with Crippen LogP contribution in [0.2, 0.25) is 0 Å². The van der Waals surface area contributed by atoms with Crippen LogP contribution in [0.3, 0.4) is 0 Å². The summed E-state index contributed by atoms with van der Waals surface area (Å²) in [6.45, 7) is 0.701. The van der Waals surface area contributed by atoms with Crippen molar-refractivity contribution < 1.29 is 4.79 Å². The minimum Gasteiger partial charge on any atom is -0.351 e. The lowest BCUT2D eigenvalue weighted by atomic mass is 10.1. The maximum Gasteiger partial charge on any atom is 0.251 e. The molecule has 2 nitrogen and oxygen atoms in total. The second-order valence-corrected chi connectivity index (χ2v) is 11.9. The Labute approximate surface area is 174 Å². The second kappa shape index (κ2) is 10.3. The molecule has 0 spiro atoms. The molecule has 1 aromatic heterocycles. The van der Waals surface area contributed by atoms with Gasteiger partial charge in [-0.15, -0.1) is 34.9 Å². The summed E-state index contributed by atoms with van der Waals surface area (Å²) in [7, 11) is 0. The summed E-state index contributed by atoms with van der Waals surface area (Å²) in [6.07, 6.45) is 1.30. The van der Waals surface area contributed by atoms with E-state index < -0.39 is 0 Å². The summed E-state index contributed by atoms with van der Waals surface area (Å²) in [5.74, 6) is 4.42. The first-order chi connectivity index (χ1) is 12.2. The van der Waals surface area contributed by atoms with Crippen LogP contribution in [-0.2, 0) is 5.75 Å². The minimum atomic E-state index is 0.0231. The average molecular weight is 475 g/mol. The standard InChI is InChI=1S/C18H20BrNOS4/c19-16-7-6-15(25-16)12-22-11-8-20-17(21)13-2-4-14(5-3-13)18-23-9-1-10-24-18/h2-7,18H,1,8-12H2,(H,20,21). The number of benzene rings is 1. The Kier molecular flexibility index (Phi) is 8.11. The van der Waals surface area contributed by atoms with Gasteiger partial charge in [0.25, 0.3) is 5.91 Å². The molecule has 2 aromatic rings. The third kappa shape index (κ3) is 6.24. The van der Waals surface area contributed by atoms with Crippen LogP contribution >= 0.6 is 62.6 Å². The Morgan fingerprint density at radius 1 is 1.16 bits per heavy atom. The fourth-order valence-electron chi connectivity index (χ4n) is 2.41. The van der Waals surface area contributed by atoms with Crippen LogP contribution in [-0.4, -0.2) is 29.7 Å². The zero-order valence-electron chi connectivity index (χ0n) is 13.7. The van der Waals surface area contributed by atoms with Gasteiger partial charge in [-0.05, 0) is 63.7 Å². The Hall–Kier alpha value is -0.0800. The Morgan fingerprint density at radius 2 is 1.92 bits per heavy atom. The number of halogens is 1. The van der Waals surface area contributed by atoms with Gasteiger partial charge >= 0.3 is 0 Å². The highest BCUT2D eigenvalue weighted by atomic mass is 79.9. The van der Waals surface area contributed by atoms with Crippen molar-refractivity contribution in [2.75, 3.05) is 23.8 Å². The van der Waals surface area contributed by atoms with Crippen molar-refractivity contribution in [2.45, 2.75) is 16.8 Å². The fourth-order valence-corrected chi connectivity index (χ4v) is 7.76. The molecule has 0 aliphatic carbocycles. The predicted octanol–water partition coefficient (Wildman–Crippen LogP) is 6.04. The number of thioether (sulfide) groups is 3. The normalized spacial score (nSPS) is 15.2. The molecule has 2 heterocycles. The molecule has 0 atom stereocenters. The second-order valence-electron chi connectivity index (χ2n) is 5.56. The highest BCUT2D eigenvalue weighted by Gasteiger charge is 2.16. The molecule has 1 saturated heterocycles. The third-order valence-corrected chi connectivity index (χ3v) is 9.51. The number of thiophene rings is 1. The Morgan fingerprint density at radius 3 is 2.60 bits per heavy atom. The summed E-state index contributed by atoms with van der Waals surface area (Å²) in [4.78, 5) is 13.6. The molecule has 1 aliphatic heterocycles. The van der Waals surface area contributed by atoms with E-state index in [1.54, 1.807) is 11.3 Å². The van der Waals surface area contributed by atoms with Crippen molar-refractivity contribution in [3.8, 4) is 0 Å². The first-order valence-electron chi connectivity index (χ1n) is 8.16. The van der Waals surface area contributed by atoms with E-state index in [1.807, 2.05) is 47.4 Å².